The van der Waals surface area contributed by atoms with Crippen LogP contribution >= 0.6 is 0 Å². The van der Waals surface area contributed by atoms with Gasteiger partial charge in [-0.1, -0.05) is 36.4 Å². The number of aliphatic hydroxyl groups excluding tert-OH is 1. The van der Waals surface area contributed by atoms with Crippen LogP contribution in [0.4, 0.5) is 5.69 Å². The van der Waals surface area contributed by atoms with Crippen LogP contribution in [-0.4, -0.2) is 28.9 Å². The van der Waals surface area contributed by atoms with E-state index in [1.807, 2.05) is 42.5 Å². The maximum atomic E-state index is 13.2. The minimum Gasteiger partial charge on any atom is -0.507 e. The first-order valence-electron chi connectivity index (χ1n) is 10.2. The molecule has 5 rings (SSSR count). The Hall–Kier alpha value is -4.32. The van der Waals surface area contributed by atoms with Crippen LogP contribution in [0, 0.1) is 0 Å². The van der Waals surface area contributed by atoms with Gasteiger partial charge in [0.2, 0.25) is 0 Å². The van der Waals surface area contributed by atoms with Gasteiger partial charge in [-0.25, -0.2) is 0 Å². The SMILES string of the molecule is COc1ccc(/C(O)=C2\C(=O)C(=O)N(c3ccccc3)C2c2c[nH]c3ccccc23)cc1. The van der Waals surface area contributed by atoms with E-state index in [0.29, 0.717) is 17.0 Å². The third-order valence-corrected chi connectivity index (χ3v) is 5.76. The number of carbonyl (C=O) groups excluding carboxylic acids is 2. The molecule has 1 unspecified atom stereocenters. The molecule has 6 nitrogen and oxygen atoms in total. The number of carbonyl (C=O) groups is 2. The Balaban J connectivity index is 1.75. The largest absolute Gasteiger partial charge is 0.507 e. The number of rotatable bonds is 4. The van der Waals surface area contributed by atoms with Crippen molar-refractivity contribution in [3.05, 3.63) is 102 Å². The van der Waals surface area contributed by atoms with E-state index in [2.05, 4.69) is 4.98 Å². The van der Waals surface area contributed by atoms with Gasteiger partial charge in [-0.15, -0.1) is 0 Å². The van der Waals surface area contributed by atoms with Crippen LogP contribution in [0.3, 0.4) is 0 Å². The van der Waals surface area contributed by atoms with Gasteiger partial charge in [0, 0.05) is 33.9 Å². The standard InChI is InChI=1S/C26H20N2O4/c1-32-18-13-11-16(12-14-18)24(29)22-23(20-15-27-21-10-6-5-9-19(20)21)28(26(31)25(22)30)17-7-3-2-4-8-17/h2-15,23,27,29H,1H3/b24-22+. The molecule has 32 heavy (non-hydrogen) atoms. The number of aliphatic hydroxyl groups is 1. The molecule has 1 fully saturated rings. The van der Waals surface area contributed by atoms with Crippen LogP contribution < -0.4 is 9.64 Å². The van der Waals surface area contributed by atoms with Crippen LogP contribution in [0.2, 0.25) is 0 Å². The van der Waals surface area contributed by atoms with E-state index in [-0.39, 0.29) is 11.3 Å². The summed E-state index contributed by atoms with van der Waals surface area (Å²) in [6, 6.07) is 22.6. The lowest BCUT2D eigenvalue weighted by atomic mass is 9.94. The van der Waals surface area contributed by atoms with Crippen molar-refractivity contribution >= 4 is 34.0 Å². The van der Waals surface area contributed by atoms with Crippen molar-refractivity contribution in [2.75, 3.05) is 12.0 Å². The highest BCUT2D eigenvalue weighted by molar-refractivity contribution is 6.51. The van der Waals surface area contributed by atoms with Crippen molar-refractivity contribution in [3.63, 3.8) is 0 Å². The number of ether oxygens (including phenoxy) is 1. The molecule has 0 radical (unpaired) electrons. The summed E-state index contributed by atoms with van der Waals surface area (Å²) < 4.78 is 5.18. The van der Waals surface area contributed by atoms with Gasteiger partial charge in [-0.05, 0) is 42.5 Å². The average Bonchev–Trinajstić information content (AvgIpc) is 3.38. The van der Waals surface area contributed by atoms with E-state index in [1.54, 1.807) is 49.7 Å². The fourth-order valence-electron chi connectivity index (χ4n) is 4.21. The number of Topliss-reactive ketones (excluding diaryl/α,β-unsaturated/α-hetero) is 1. The first kappa shape index (κ1) is 19.6. The quantitative estimate of drug-likeness (QED) is 0.280. The molecule has 1 saturated heterocycles. The van der Waals surface area contributed by atoms with Gasteiger partial charge in [0.15, 0.2) is 0 Å². The van der Waals surface area contributed by atoms with Crippen LogP contribution in [0.15, 0.2) is 90.6 Å². The number of nitrogens with one attached hydrogen (secondary N) is 1. The molecule has 0 aliphatic carbocycles. The van der Waals surface area contributed by atoms with Gasteiger partial charge in [0.25, 0.3) is 11.7 Å². The second-order valence-corrected chi connectivity index (χ2v) is 7.52. The molecule has 3 aromatic carbocycles. The highest BCUT2D eigenvalue weighted by atomic mass is 16.5. The van der Waals surface area contributed by atoms with E-state index >= 15 is 0 Å². The predicted octanol–water partition coefficient (Wildman–Crippen LogP) is 4.80. The topological polar surface area (TPSA) is 82.6 Å². The van der Waals surface area contributed by atoms with Gasteiger partial charge in [-0.3, -0.25) is 14.5 Å². The summed E-state index contributed by atoms with van der Waals surface area (Å²) in [6.07, 6.45) is 1.79. The monoisotopic (exact) mass is 424 g/mol. The molecule has 1 aliphatic heterocycles. The number of amides is 1. The zero-order valence-electron chi connectivity index (χ0n) is 17.3. The number of aromatic nitrogens is 1. The Bertz CT molecular complexity index is 1350. The molecule has 4 aromatic rings. The van der Waals surface area contributed by atoms with E-state index in [9.17, 15) is 14.7 Å². The van der Waals surface area contributed by atoms with E-state index in [4.69, 9.17) is 4.74 Å². The number of nitrogens with zero attached hydrogens (tertiary/aromatic N) is 1. The van der Waals surface area contributed by atoms with Crippen molar-refractivity contribution in [3.8, 4) is 5.75 Å². The Morgan fingerprint density at radius 3 is 2.34 bits per heavy atom. The van der Waals surface area contributed by atoms with Crippen molar-refractivity contribution in [2.45, 2.75) is 6.04 Å². The van der Waals surface area contributed by atoms with Gasteiger partial charge < -0.3 is 14.8 Å². The highest BCUT2D eigenvalue weighted by Crippen LogP contribution is 2.44. The molecule has 1 aliphatic rings. The lowest BCUT2D eigenvalue weighted by molar-refractivity contribution is -0.132. The molecule has 2 heterocycles. The van der Waals surface area contributed by atoms with Crippen molar-refractivity contribution in [1.29, 1.82) is 0 Å². The number of ketones is 1. The maximum Gasteiger partial charge on any atom is 0.300 e. The third-order valence-electron chi connectivity index (χ3n) is 5.76. The van der Waals surface area contributed by atoms with E-state index in [0.717, 1.165) is 16.5 Å². The number of para-hydroxylation sites is 2. The lowest BCUT2D eigenvalue weighted by Gasteiger charge is -2.25. The molecule has 2 N–H and O–H groups in total. The first-order chi connectivity index (χ1) is 15.6. The van der Waals surface area contributed by atoms with E-state index < -0.39 is 17.7 Å². The number of hydrogen-bond acceptors (Lipinski definition) is 4. The fraction of sp³-hybridized carbons (Fsp3) is 0.0769. The number of aromatic amines is 1. The predicted molar refractivity (Wildman–Crippen MR) is 123 cm³/mol. The van der Waals surface area contributed by atoms with Gasteiger partial charge in [-0.2, -0.15) is 0 Å². The smallest absolute Gasteiger partial charge is 0.300 e. The molecule has 6 heteroatoms. The molecular weight excluding hydrogens is 404 g/mol. The summed E-state index contributed by atoms with van der Waals surface area (Å²) in [5.74, 6) is -1.00. The molecule has 1 aromatic heterocycles. The molecule has 1 amide bonds. The maximum absolute atomic E-state index is 13.2. The van der Waals surface area contributed by atoms with Crippen LogP contribution in [0.1, 0.15) is 17.2 Å². The molecule has 1 atom stereocenters. The summed E-state index contributed by atoms with van der Waals surface area (Å²) in [4.78, 5) is 31.1. The van der Waals surface area contributed by atoms with Crippen LogP contribution in [-0.2, 0) is 9.59 Å². The summed E-state index contributed by atoms with van der Waals surface area (Å²) in [5.41, 5.74) is 2.68. The third kappa shape index (κ3) is 3.04. The Morgan fingerprint density at radius 1 is 0.938 bits per heavy atom. The second-order valence-electron chi connectivity index (χ2n) is 7.52. The van der Waals surface area contributed by atoms with Gasteiger partial charge in [0.1, 0.15) is 11.5 Å². The summed E-state index contributed by atoms with van der Waals surface area (Å²) in [5, 5.41) is 12.1. The highest BCUT2D eigenvalue weighted by Gasteiger charge is 2.47. The Morgan fingerprint density at radius 2 is 1.62 bits per heavy atom. The number of H-pyrrole nitrogens is 1. The minimum absolute atomic E-state index is 0.0498. The first-order valence-corrected chi connectivity index (χ1v) is 10.2. The van der Waals surface area contributed by atoms with Gasteiger partial charge in [0.05, 0.1) is 18.7 Å². The summed E-state index contributed by atoms with van der Waals surface area (Å²) in [7, 11) is 1.55. The molecular formula is C26H20N2O4. The van der Waals surface area contributed by atoms with Crippen molar-refractivity contribution < 1.29 is 19.4 Å². The van der Waals surface area contributed by atoms with Crippen molar-refractivity contribution in [1.82, 2.24) is 4.98 Å². The minimum atomic E-state index is -0.782. The van der Waals surface area contributed by atoms with Gasteiger partial charge >= 0.3 is 0 Å². The lowest BCUT2D eigenvalue weighted by Crippen LogP contribution is -2.29. The normalized spacial score (nSPS) is 17.8. The molecule has 0 saturated carbocycles. The fourth-order valence-corrected chi connectivity index (χ4v) is 4.21. The number of benzene rings is 3. The summed E-state index contributed by atoms with van der Waals surface area (Å²) in [6.45, 7) is 0. The molecule has 158 valence electrons. The number of hydrogen-bond donors (Lipinski definition) is 2. The Labute approximate surface area is 184 Å². The summed E-state index contributed by atoms with van der Waals surface area (Å²) >= 11 is 0. The van der Waals surface area contributed by atoms with Crippen LogP contribution in [0.25, 0.3) is 16.7 Å². The Kier molecular flexibility index (Phi) is 4.75. The van der Waals surface area contributed by atoms with Crippen molar-refractivity contribution in [2.24, 2.45) is 0 Å². The number of methoxy groups -OCH3 is 1. The second kappa shape index (κ2) is 7.74. The van der Waals surface area contributed by atoms with Crippen LogP contribution in [0.5, 0.6) is 5.75 Å². The average molecular weight is 424 g/mol. The number of fused-ring (bicyclic) bond motifs is 1. The number of anilines is 1. The zero-order chi connectivity index (χ0) is 22.2. The molecule has 0 spiro atoms. The zero-order valence-corrected chi connectivity index (χ0v) is 17.3. The molecule has 0 bridgehead atoms. The van der Waals surface area contributed by atoms with E-state index in [1.165, 1.54) is 4.90 Å².